The molecule has 0 saturated carbocycles. The van der Waals surface area contributed by atoms with Crippen LogP contribution in [0, 0.1) is 0 Å². The van der Waals surface area contributed by atoms with Crippen molar-refractivity contribution < 1.29 is 28.2 Å². The van der Waals surface area contributed by atoms with Crippen LogP contribution in [-0.4, -0.2) is 30.2 Å². The van der Waals surface area contributed by atoms with Crippen molar-refractivity contribution >= 4 is 29.4 Å². The van der Waals surface area contributed by atoms with Crippen LogP contribution in [0.1, 0.15) is 41.6 Å². The summed E-state index contributed by atoms with van der Waals surface area (Å²) in [6, 6.07) is 16.4. The molecule has 1 atom stereocenters. The van der Waals surface area contributed by atoms with Gasteiger partial charge in [0.1, 0.15) is 11.5 Å². The number of thiazole rings is 1. The van der Waals surface area contributed by atoms with Gasteiger partial charge in [0.25, 0.3) is 5.56 Å². The second-order valence-corrected chi connectivity index (χ2v) is 9.52. The van der Waals surface area contributed by atoms with Crippen molar-refractivity contribution in [2.45, 2.75) is 19.9 Å². The summed E-state index contributed by atoms with van der Waals surface area (Å²) in [4.78, 5) is 44.1. The van der Waals surface area contributed by atoms with Crippen LogP contribution in [0.2, 0.25) is 0 Å². The van der Waals surface area contributed by atoms with Crippen molar-refractivity contribution in [3.8, 4) is 11.5 Å². The minimum Gasteiger partial charge on any atom is -0.497 e. The fraction of sp³-hybridized carbons (Fsp3) is 0.172. The molecule has 0 saturated heterocycles. The first-order valence-electron chi connectivity index (χ1n) is 12.1. The minimum absolute atomic E-state index is 0.0834. The summed E-state index contributed by atoms with van der Waals surface area (Å²) < 4.78 is 23.0. The van der Waals surface area contributed by atoms with Gasteiger partial charge in [0.05, 0.1) is 41.8 Å². The summed E-state index contributed by atoms with van der Waals surface area (Å²) >= 11 is 1.21. The number of furan rings is 1. The Hall–Kier alpha value is -4.70. The number of benzene rings is 2. The zero-order chi connectivity index (χ0) is 27.5. The minimum atomic E-state index is -0.728. The van der Waals surface area contributed by atoms with E-state index in [2.05, 4.69) is 4.99 Å². The number of esters is 2. The molecule has 4 aromatic rings. The Morgan fingerprint density at radius 1 is 1.08 bits per heavy atom. The highest BCUT2D eigenvalue weighted by Gasteiger charge is 2.33. The van der Waals surface area contributed by atoms with Gasteiger partial charge < -0.3 is 18.6 Å². The monoisotopic (exact) mass is 544 g/mol. The summed E-state index contributed by atoms with van der Waals surface area (Å²) in [5, 5.41) is 0. The first kappa shape index (κ1) is 25.9. The number of carbonyl (C=O) groups excluding carboxylic acids is 2. The van der Waals surface area contributed by atoms with E-state index in [9.17, 15) is 14.4 Å². The molecule has 0 amide bonds. The van der Waals surface area contributed by atoms with Crippen LogP contribution in [0.15, 0.2) is 92.4 Å². The second-order valence-electron chi connectivity index (χ2n) is 8.51. The quantitative estimate of drug-likeness (QED) is 0.258. The molecule has 198 valence electrons. The number of allylic oxidation sites excluding steroid dienone is 1. The number of hydrogen-bond donors (Lipinski definition) is 0. The van der Waals surface area contributed by atoms with Crippen LogP contribution >= 0.6 is 11.3 Å². The maximum atomic E-state index is 13.8. The van der Waals surface area contributed by atoms with Gasteiger partial charge in [0.15, 0.2) is 4.80 Å². The molecule has 2 aromatic heterocycles. The molecule has 0 bridgehead atoms. The summed E-state index contributed by atoms with van der Waals surface area (Å²) in [7, 11) is 1.57. The molecular weight excluding hydrogens is 520 g/mol. The zero-order valence-corrected chi connectivity index (χ0v) is 22.2. The lowest BCUT2D eigenvalue weighted by Crippen LogP contribution is -2.39. The Morgan fingerprint density at radius 3 is 2.56 bits per heavy atom. The molecule has 1 unspecified atom stereocenters. The first-order valence-corrected chi connectivity index (χ1v) is 12.9. The van der Waals surface area contributed by atoms with Crippen LogP contribution in [0.3, 0.4) is 0 Å². The number of rotatable bonds is 7. The van der Waals surface area contributed by atoms with Gasteiger partial charge >= 0.3 is 11.9 Å². The van der Waals surface area contributed by atoms with Crippen LogP contribution in [0.5, 0.6) is 11.5 Å². The normalized spacial score (nSPS) is 14.9. The van der Waals surface area contributed by atoms with E-state index < -0.39 is 18.0 Å². The third-order valence-corrected chi connectivity index (χ3v) is 7.02. The lowest BCUT2D eigenvalue weighted by atomic mass is 9.96. The van der Waals surface area contributed by atoms with Crippen LogP contribution < -0.4 is 24.4 Å². The fourth-order valence-electron chi connectivity index (χ4n) is 4.26. The molecule has 9 nitrogen and oxygen atoms in total. The largest absolute Gasteiger partial charge is 0.497 e. The van der Waals surface area contributed by atoms with E-state index in [4.69, 9.17) is 18.6 Å². The number of fused-ring (bicyclic) bond motifs is 1. The van der Waals surface area contributed by atoms with Gasteiger partial charge in [0, 0.05) is 0 Å². The molecule has 0 fully saturated rings. The number of aromatic nitrogens is 1. The Morgan fingerprint density at radius 2 is 1.87 bits per heavy atom. The van der Waals surface area contributed by atoms with Crippen LogP contribution in [-0.2, 0) is 9.53 Å². The lowest BCUT2D eigenvalue weighted by molar-refractivity contribution is -0.139. The number of methoxy groups -OCH3 is 1. The average Bonchev–Trinajstić information content (AvgIpc) is 3.57. The Labute approximate surface area is 226 Å². The van der Waals surface area contributed by atoms with E-state index >= 15 is 0 Å². The molecule has 39 heavy (non-hydrogen) atoms. The van der Waals surface area contributed by atoms with Crippen molar-refractivity contribution in [3.63, 3.8) is 0 Å². The number of hydrogen-bond acceptors (Lipinski definition) is 9. The van der Waals surface area contributed by atoms with Crippen molar-refractivity contribution in [1.29, 1.82) is 0 Å². The topological polar surface area (TPSA) is 109 Å². The molecule has 2 aromatic carbocycles. The van der Waals surface area contributed by atoms with Crippen molar-refractivity contribution in [1.82, 2.24) is 4.57 Å². The highest BCUT2D eigenvalue weighted by atomic mass is 32.1. The van der Waals surface area contributed by atoms with E-state index in [-0.39, 0.29) is 17.9 Å². The van der Waals surface area contributed by atoms with Gasteiger partial charge in [-0.2, -0.15) is 0 Å². The van der Waals surface area contributed by atoms with Crippen molar-refractivity contribution in [3.05, 3.63) is 115 Å². The van der Waals surface area contributed by atoms with Gasteiger partial charge in [-0.05, 0) is 67.4 Å². The third kappa shape index (κ3) is 5.19. The first-order chi connectivity index (χ1) is 18.9. The molecule has 10 heteroatoms. The third-order valence-electron chi connectivity index (χ3n) is 6.04. The van der Waals surface area contributed by atoms with E-state index in [1.165, 1.54) is 28.2 Å². The predicted octanol–water partition coefficient (Wildman–Crippen LogP) is 3.62. The molecule has 0 aliphatic carbocycles. The molecule has 0 radical (unpaired) electrons. The van der Waals surface area contributed by atoms with Crippen LogP contribution in [0.4, 0.5) is 0 Å². The second kappa shape index (κ2) is 11.0. The number of nitrogens with zero attached hydrogens (tertiary/aromatic N) is 2. The summed E-state index contributed by atoms with van der Waals surface area (Å²) in [6.07, 6.45) is 3.09. The maximum absolute atomic E-state index is 13.8. The van der Waals surface area contributed by atoms with Crippen LogP contribution in [0.25, 0.3) is 6.08 Å². The van der Waals surface area contributed by atoms with E-state index in [0.717, 1.165) is 0 Å². The smallest absolute Gasteiger partial charge is 0.379 e. The molecule has 0 N–H and O–H groups in total. The molecular formula is C29H24N2O7S. The summed E-state index contributed by atoms with van der Waals surface area (Å²) in [6.45, 7) is 3.65. The Kier molecular flexibility index (Phi) is 7.29. The van der Waals surface area contributed by atoms with Gasteiger partial charge in [-0.25, -0.2) is 14.6 Å². The Balaban J connectivity index is 1.58. The molecule has 0 spiro atoms. The predicted molar refractivity (Wildman–Crippen MR) is 144 cm³/mol. The maximum Gasteiger partial charge on any atom is 0.379 e. The summed E-state index contributed by atoms with van der Waals surface area (Å²) in [5.41, 5.74) is 1.83. The van der Waals surface area contributed by atoms with Gasteiger partial charge in [0.2, 0.25) is 5.76 Å². The van der Waals surface area contributed by atoms with E-state index in [1.807, 2.05) is 12.1 Å². The summed E-state index contributed by atoms with van der Waals surface area (Å²) in [5.74, 6) is -0.121. The standard InChI is InChI=1S/C29H24N2O7S/c1-4-36-28(34)24-17(2)30-29-31(25(24)19-10-12-20(35-3)13-11-19)26(32)23(39-29)16-18-7-5-8-21(15-18)38-27(33)22-9-6-14-37-22/h5-16,25H,4H2,1-3H3/b23-16-. The molecule has 1 aliphatic rings. The van der Waals surface area contributed by atoms with Crippen molar-refractivity contribution in [2.24, 2.45) is 4.99 Å². The highest BCUT2D eigenvalue weighted by molar-refractivity contribution is 7.07. The van der Waals surface area contributed by atoms with Gasteiger partial charge in [-0.3, -0.25) is 9.36 Å². The van der Waals surface area contributed by atoms with Gasteiger partial charge in [-0.1, -0.05) is 35.6 Å². The van der Waals surface area contributed by atoms with E-state index in [1.54, 1.807) is 69.5 Å². The van der Waals surface area contributed by atoms with Gasteiger partial charge in [-0.15, -0.1) is 0 Å². The SMILES string of the molecule is CCOC(=O)C1=C(C)N=c2s/c(=C\c3cccc(OC(=O)c4ccco4)c3)c(=O)n2C1c1ccc(OC)cc1. The molecule has 1 aliphatic heterocycles. The zero-order valence-electron chi connectivity index (χ0n) is 21.4. The molecule has 3 heterocycles. The number of ether oxygens (including phenoxy) is 3. The Bertz CT molecular complexity index is 1750. The highest BCUT2D eigenvalue weighted by Crippen LogP contribution is 2.31. The lowest BCUT2D eigenvalue weighted by Gasteiger charge is -2.24. The van der Waals surface area contributed by atoms with E-state index in [0.29, 0.717) is 43.2 Å². The average molecular weight is 545 g/mol. The fourth-order valence-corrected chi connectivity index (χ4v) is 5.31. The van der Waals surface area contributed by atoms with Crippen molar-refractivity contribution in [2.75, 3.05) is 13.7 Å². The molecule has 5 rings (SSSR count). The number of carbonyl (C=O) groups is 2.